The van der Waals surface area contributed by atoms with Crippen LogP contribution in [0.5, 0.6) is 0 Å². The number of thiophene rings is 1. The third kappa shape index (κ3) is 4.05. The molecule has 0 bridgehead atoms. The molecule has 0 radical (unpaired) electrons. The number of nitrogens with zero attached hydrogens (tertiary/aromatic N) is 2. The number of aromatic nitrogens is 2. The number of ether oxygens (including phenoxy) is 2. The molecule has 0 atom stereocenters. The molecule has 1 aromatic carbocycles. The van der Waals surface area contributed by atoms with Crippen molar-refractivity contribution in [1.82, 2.24) is 9.55 Å². The Hall–Kier alpha value is -2.85. The van der Waals surface area contributed by atoms with Gasteiger partial charge < -0.3 is 15.2 Å². The predicted molar refractivity (Wildman–Crippen MR) is 117 cm³/mol. The first-order valence-corrected chi connectivity index (χ1v) is 10.9. The number of hydrogen-bond acceptors (Lipinski definition) is 9. The number of methoxy groups -OCH3 is 2. The topological polar surface area (TPSA) is 114 Å². The minimum atomic E-state index is -0.632. The zero-order chi connectivity index (χ0) is 21.8. The molecule has 158 valence electrons. The maximum Gasteiger partial charge on any atom is 0.348 e. The number of benzene rings is 1. The fraction of sp³-hybridized carbons (Fsp3) is 0.300. The molecule has 8 nitrogen and oxygen atoms in total. The third-order valence-electron chi connectivity index (χ3n) is 4.41. The van der Waals surface area contributed by atoms with Gasteiger partial charge in [0.2, 0.25) is 0 Å². The lowest BCUT2D eigenvalue weighted by molar-refractivity contribution is 0.0601. The number of anilines is 1. The molecule has 30 heavy (non-hydrogen) atoms. The SMILES string of the molecule is CCCn1c(SCc2c(C(=O)OC)sc(N)c2C(=O)OC)nc2ccccc2c1=O. The van der Waals surface area contributed by atoms with Crippen LogP contribution in [0.25, 0.3) is 10.9 Å². The normalized spacial score (nSPS) is 10.9. The Morgan fingerprint density at radius 2 is 1.90 bits per heavy atom. The molecule has 0 saturated heterocycles. The number of fused-ring (bicyclic) bond motifs is 1. The summed E-state index contributed by atoms with van der Waals surface area (Å²) in [5.41, 5.74) is 6.99. The number of hydrogen-bond donors (Lipinski definition) is 1. The molecule has 2 aromatic heterocycles. The highest BCUT2D eigenvalue weighted by Gasteiger charge is 2.27. The van der Waals surface area contributed by atoms with Gasteiger partial charge in [0.15, 0.2) is 5.16 Å². The highest BCUT2D eigenvalue weighted by Crippen LogP contribution is 2.36. The summed E-state index contributed by atoms with van der Waals surface area (Å²) in [7, 11) is 2.51. The summed E-state index contributed by atoms with van der Waals surface area (Å²) >= 11 is 2.23. The quantitative estimate of drug-likeness (QED) is 0.333. The average Bonchev–Trinajstić information content (AvgIpc) is 3.09. The molecule has 2 N–H and O–H groups in total. The van der Waals surface area contributed by atoms with Crippen molar-refractivity contribution in [2.24, 2.45) is 0 Å². The molecule has 0 saturated carbocycles. The lowest BCUT2D eigenvalue weighted by atomic mass is 10.1. The molecule has 10 heteroatoms. The van der Waals surface area contributed by atoms with Crippen LogP contribution in [0.4, 0.5) is 5.00 Å². The van der Waals surface area contributed by atoms with Gasteiger partial charge in [0.05, 0.1) is 30.7 Å². The van der Waals surface area contributed by atoms with Crippen molar-refractivity contribution in [3.8, 4) is 0 Å². The lowest BCUT2D eigenvalue weighted by Gasteiger charge is -2.13. The van der Waals surface area contributed by atoms with Crippen LogP contribution in [0.2, 0.25) is 0 Å². The van der Waals surface area contributed by atoms with Crippen LogP contribution in [-0.4, -0.2) is 35.7 Å². The lowest BCUT2D eigenvalue weighted by Crippen LogP contribution is -2.23. The van der Waals surface area contributed by atoms with E-state index in [1.165, 1.54) is 26.0 Å². The van der Waals surface area contributed by atoms with E-state index in [0.717, 1.165) is 17.8 Å². The molecule has 0 spiro atoms. The smallest absolute Gasteiger partial charge is 0.348 e. The molecule has 0 fully saturated rings. The van der Waals surface area contributed by atoms with Gasteiger partial charge in [0.25, 0.3) is 5.56 Å². The summed E-state index contributed by atoms with van der Waals surface area (Å²) < 4.78 is 11.3. The van der Waals surface area contributed by atoms with Crippen molar-refractivity contribution in [1.29, 1.82) is 0 Å². The van der Waals surface area contributed by atoms with Crippen molar-refractivity contribution in [2.75, 3.05) is 20.0 Å². The highest BCUT2D eigenvalue weighted by molar-refractivity contribution is 7.98. The number of nitrogens with two attached hydrogens (primary N) is 1. The zero-order valence-electron chi connectivity index (χ0n) is 16.8. The molecular formula is C20H21N3O5S2. The van der Waals surface area contributed by atoms with Gasteiger partial charge in [-0.05, 0) is 18.6 Å². The first-order chi connectivity index (χ1) is 14.4. The molecule has 3 aromatic rings. The molecule has 3 rings (SSSR count). The maximum absolute atomic E-state index is 12.9. The first-order valence-electron chi connectivity index (χ1n) is 9.13. The Balaban J connectivity index is 2.08. The minimum Gasteiger partial charge on any atom is -0.465 e. The number of esters is 2. The Bertz CT molecular complexity index is 1170. The number of thioether (sulfide) groups is 1. The summed E-state index contributed by atoms with van der Waals surface area (Å²) in [4.78, 5) is 42.3. The fourth-order valence-corrected chi connectivity index (χ4v) is 5.16. The number of rotatable bonds is 7. The van der Waals surface area contributed by atoms with Crippen LogP contribution in [-0.2, 0) is 21.8 Å². The Morgan fingerprint density at radius 1 is 1.20 bits per heavy atom. The van der Waals surface area contributed by atoms with E-state index in [1.54, 1.807) is 22.8 Å². The van der Waals surface area contributed by atoms with Gasteiger partial charge in [0, 0.05) is 17.9 Å². The van der Waals surface area contributed by atoms with E-state index in [-0.39, 0.29) is 26.8 Å². The van der Waals surface area contributed by atoms with E-state index in [1.807, 2.05) is 13.0 Å². The van der Waals surface area contributed by atoms with Crippen molar-refractivity contribution < 1.29 is 19.1 Å². The summed E-state index contributed by atoms with van der Waals surface area (Å²) in [6.45, 7) is 2.47. The molecule has 0 aliphatic rings. The Kier molecular flexibility index (Phi) is 6.78. The van der Waals surface area contributed by atoms with E-state index < -0.39 is 11.9 Å². The average molecular weight is 448 g/mol. The van der Waals surface area contributed by atoms with Gasteiger partial charge in [-0.3, -0.25) is 9.36 Å². The molecule has 0 aliphatic carbocycles. The van der Waals surface area contributed by atoms with Crippen LogP contribution in [0.15, 0.2) is 34.2 Å². The maximum atomic E-state index is 12.9. The van der Waals surface area contributed by atoms with Gasteiger partial charge in [-0.25, -0.2) is 14.6 Å². The van der Waals surface area contributed by atoms with E-state index in [9.17, 15) is 14.4 Å². The van der Waals surface area contributed by atoms with Crippen LogP contribution in [0.3, 0.4) is 0 Å². The van der Waals surface area contributed by atoms with Gasteiger partial charge in [-0.2, -0.15) is 0 Å². The molecule has 0 amide bonds. The minimum absolute atomic E-state index is 0.129. The summed E-state index contributed by atoms with van der Waals surface area (Å²) in [5, 5.41) is 1.22. The number of para-hydroxylation sites is 1. The van der Waals surface area contributed by atoms with Gasteiger partial charge in [0.1, 0.15) is 9.88 Å². The van der Waals surface area contributed by atoms with E-state index in [2.05, 4.69) is 4.98 Å². The van der Waals surface area contributed by atoms with Crippen molar-refractivity contribution in [3.05, 3.63) is 50.6 Å². The van der Waals surface area contributed by atoms with E-state index >= 15 is 0 Å². The van der Waals surface area contributed by atoms with Crippen LogP contribution < -0.4 is 11.3 Å². The Labute approximate surface area is 181 Å². The highest BCUT2D eigenvalue weighted by atomic mass is 32.2. The van der Waals surface area contributed by atoms with Crippen molar-refractivity contribution in [3.63, 3.8) is 0 Å². The van der Waals surface area contributed by atoms with Gasteiger partial charge in [-0.1, -0.05) is 30.8 Å². The second kappa shape index (κ2) is 9.31. The molecular weight excluding hydrogens is 426 g/mol. The summed E-state index contributed by atoms with van der Waals surface area (Å²) in [5.74, 6) is -1.03. The fourth-order valence-electron chi connectivity index (χ4n) is 3.02. The molecule has 2 heterocycles. The summed E-state index contributed by atoms with van der Waals surface area (Å²) in [6.07, 6.45) is 0.750. The van der Waals surface area contributed by atoms with Crippen LogP contribution in [0, 0.1) is 0 Å². The Morgan fingerprint density at radius 3 is 2.57 bits per heavy atom. The van der Waals surface area contributed by atoms with E-state index in [0.29, 0.717) is 28.2 Å². The largest absolute Gasteiger partial charge is 0.465 e. The number of carbonyl (C=O) groups is 2. The van der Waals surface area contributed by atoms with Crippen molar-refractivity contribution in [2.45, 2.75) is 30.8 Å². The van der Waals surface area contributed by atoms with Crippen molar-refractivity contribution >= 4 is 50.9 Å². The van der Waals surface area contributed by atoms with Crippen LogP contribution >= 0.6 is 23.1 Å². The number of nitrogen functional groups attached to an aromatic ring is 1. The second-order valence-corrected chi connectivity index (χ2v) is 8.28. The second-order valence-electron chi connectivity index (χ2n) is 6.29. The monoisotopic (exact) mass is 447 g/mol. The van der Waals surface area contributed by atoms with Crippen LogP contribution in [0.1, 0.15) is 38.9 Å². The summed E-state index contributed by atoms with van der Waals surface area (Å²) in [6, 6.07) is 7.14. The number of carbonyl (C=O) groups excluding carboxylic acids is 2. The van der Waals surface area contributed by atoms with E-state index in [4.69, 9.17) is 15.2 Å². The standard InChI is InChI=1S/C20H21N3O5S2/c1-4-9-23-17(24)11-7-5-6-8-13(11)22-20(23)29-10-12-14(18(25)27-2)16(21)30-15(12)19(26)28-3/h5-8H,4,9-10,21H2,1-3H3. The predicted octanol–water partition coefficient (Wildman–Crippen LogP) is 3.32. The molecule has 0 unspecified atom stereocenters. The third-order valence-corrected chi connectivity index (χ3v) is 6.46. The first kappa shape index (κ1) is 21.8. The molecule has 0 aliphatic heterocycles. The van der Waals surface area contributed by atoms with Gasteiger partial charge in [-0.15, -0.1) is 11.3 Å². The zero-order valence-corrected chi connectivity index (χ0v) is 18.4. The van der Waals surface area contributed by atoms with Gasteiger partial charge >= 0.3 is 11.9 Å².